The van der Waals surface area contributed by atoms with E-state index in [1.807, 2.05) is 0 Å². The number of rotatable bonds is 2. The molecule has 3 rings (SSSR count). The van der Waals surface area contributed by atoms with Crippen LogP contribution in [0.1, 0.15) is 28.3 Å². The van der Waals surface area contributed by atoms with E-state index in [0.717, 1.165) is 10.8 Å². The Bertz CT molecular complexity index is 681. The smallest absolute Gasteiger partial charge is 0.347 e. The van der Waals surface area contributed by atoms with Gasteiger partial charge in [0.25, 0.3) is 5.91 Å². The zero-order valence-electron chi connectivity index (χ0n) is 11.5. The first-order valence-corrected chi connectivity index (χ1v) is 6.77. The number of carbonyl (C=O) groups excluding carboxylic acids is 1. The molecule has 0 saturated carbocycles. The predicted molar refractivity (Wildman–Crippen MR) is 71.0 cm³/mol. The second-order valence-corrected chi connectivity index (χ2v) is 5.11. The summed E-state index contributed by atoms with van der Waals surface area (Å²) in [5.74, 6) is 0.0891. The maximum Gasteiger partial charge on any atom is 0.433 e. The fourth-order valence-corrected chi connectivity index (χ4v) is 2.55. The highest BCUT2D eigenvalue weighted by atomic mass is 19.4. The average Bonchev–Trinajstić information content (AvgIpc) is 2.91. The Morgan fingerprint density at radius 3 is 2.73 bits per heavy atom. The molecule has 0 radical (unpaired) electrons. The van der Waals surface area contributed by atoms with Crippen LogP contribution in [0.3, 0.4) is 0 Å². The summed E-state index contributed by atoms with van der Waals surface area (Å²) in [6, 6.07) is 2.76. The molecule has 0 fully saturated rings. The number of hydrogen-bond donors (Lipinski definition) is 1. The number of nitrogens with one attached hydrogen (secondary N) is 1. The van der Waals surface area contributed by atoms with Crippen molar-refractivity contribution in [2.45, 2.75) is 31.6 Å². The first-order chi connectivity index (χ1) is 10.4. The lowest BCUT2D eigenvalue weighted by molar-refractivity contribution is -0.144. The number of nitrogens with zero attached hydrogens (tertiary/aromatic N) is 3. The third-order valence-corrected chi connectivity index (χ3v) is 3.63. The number of imidazole rings is 1. The first-order valence-electron chi connectivity index (χ1n) is 6.77. The van der Waals surface area contributed by atoms with Crippen molar-refractivity contribution in [1.82, 2.24) is 19.9 Å². The standard InChI is InChI=1S/C14H13F3N4O/c15-14(16,17)11-7-19-12-2-1-10(8-21(11)12)20-13(22)9-3-5-18-6-4-9/h3-7,10H,1-2,8H2,(H,20,22). The van der Waals surface area contributed by atoms with Gasteiger partial charge in [-0.1, -0.05) is 0 Å². The van der Waals surface area contributed by atoms with Crippen LogP contribution in [-0.4, -0.2) is 26.5 Å². The van der Waals surface area contributed by atoms with E-state index >= 15 is 0 Å². The van der Waals surface area contributed by atoms with Gasteiger partial charge >= 0.3 is 6.18 Å². The molecule has 1 N–H and O–H groups in total. The van der Waals surface area contributed by atoms with Gasteiger partial charge in [0, 0.05) is 37.0 Å². The Morgan fingerprint density at radius 2 is 2.05 bits per heavy atom. The molecular formula is C14H13F3N4O. The lowest BCUT2D eigenvalue weighted by atomic mass is 10.1. The molecule has 8 heteroatoms. The largest absolute Gasteiger partial charge is 0.433 e. The van der Waals surface area contributed by atoms with E-state index in [0.29, 0.717) is 24.2 Å². The van der Waals surface area contributed by atoms with Crippen LogP contribution in [0.25, 0.3) is 0 Å². The number of amides is 1. The Labute approximate surface area is 124 Å². The van der Waals surface area contributed by atoms with Gasteiger partial charge in [-0.2, -0.15) is 13.2 Å². The normalized spacial score (nSPS) is 17.9. The summed E-state index contributed by atoms with van der Waals surface area (Å²) in [6.07, 6.45) is 0.351. The Kier molecular flexibility index (Phi) is 3.59. The molecule has 1 aliphatic heterocycles. The number of pyridine rings is 1. The van der Waals surface area contributed by atoms with Crippen LogP contribution in [0.4, 0.5) is 13.2 Å². The van der Waals surface area contributed by atoms with Gasteiger partial charge in [0.1, 0.15) is 11.5 Å². The Hall–Kier alpha value is -2.38. The minimum atomic E-state index is -4.44. The highest BCUT2D eigenvalue weighted by Gasteiger charge is 2.37. The summed E-state index contributed by atoms with van der Waals surface area (Å²) in [5.41, 5.74) is -0.340. The number of alkyl halides is 3. The summed E-state index contributed by atoms with van der Waals surface area (Å²) in [5, 5.41) is 2.76. The number of aromatic nitrogens is 3. The summed E-state index contributed by atoms with van der Waals surface area (Å²) >= 11 is 0. The predicted octanol–water partition coefficient (Wildman–Crippen LogP) is 2.04. The van der Waals surface area contributed by atoms with Gasteiger partial charge in [-0.25, -0.2) is 4.98 Å². The summed E-state index contributed by atoms with van der Waals surface area (Å²) in [7, 11) is 0. The summed E-state index contributed by atoms with van der Waals surface area (Å²) in [6.45, 7) is 0.0704. The lowest BCUT2D eigenvalue weighted by Gasteiger charge is -2.26. The second kappa shape index (κ2) is 5.43. The van der Waals surface area contributed by atoms with Crippen molar-refractivity contribution in [3.05, 3.63) is 47.8 Å². The molecule has 0 aromatic carbocycles. The van der Waals surface area contributed by atoms with Gasteiger partial charge in [0.15, 0.2) is 0 Å². The number of halogens is 3. The van der Waals surface area contributed by atoms with Gasteiger partial charge in [0.2, 0.25) is 0 Å². The molecule has 1 atom stereocenters. The quantitative estimate of drug-likeness (QED) is 0.923. The number of fused-ring (bicyclic) bond motifs is 1. The molecule has 5 nitrogen and oxygen atoms in total. The maximum absolute atomic E-state index is 12.9. The molecule has 3 heterocycles. The molecule has 2 aromatic rings. The van der Waals surface area contributed by atoms with E-state index in [1.165, 1.54) is 12.4 Å². The van der Waals surface area contributed by atoms with E-state index in [4.69, 9.17) is 0 Å². The molecule has 116 valence electrons. The van der Waals surface area contributed by atoms with Crippen molar-refractivity contribution in [2.75, 3.05) is 0 Å². The maximum atomic E-state index is 12.9. The summed E-state index contributed by atoms with van der Waals surface area (Å²) < 4.78 is 39.9. The van der Waals surface area contributed by atoms with E-state index in [-0.39, 0.29) is 18.5 Å². The van der Waals surface area contributed by atoms with Crippen molar-refractivity contribution in [3.63, 3.8) is 0 Å². The number of carbonyl (C=O) groups is 1. The monoisotopic (exact) mass is 310 g/mol. The molecule has 22 heavy (non-hydrogen) atoms. The van der Waals surface area contributed by atoms with E-state index in [2.05, 4.69) is 15.3 Å². The molecule has 0 bridgehead atoms. The Balaban J connectivity index is 1.74. The minimum absolute atomic E-state index is 0.0704. The molecule has 0 aliphatic carbocycles. The van der Waals surface area contributed by atoms with E-state index in [1.54, 1.807) is 12.1 Å². The van der Waals surface area contributed by atoms with Gasteiger partial charge in [-0.15, -0.1) is 0 Å². The topological polar surface area (TPSA) is 59.8 Å². The van der Waals surface area contributed by atoms with E-state index in [9.17, 15) is 18.0 Å². The fraction of sp³-hybridized carbons (Fsp3) is 0.357. The minimum Gasteiger partial charge on any atom is -0.347 e. The number of aryl methyl sites for hydroxylation is 1. The molecule has 1 aliphatic rings. The number of hydrogen-bond acceptors (Lipinski definition) is 3. The van der Waals surface area contributed by atoms with Crippen LogP contribution >= 0.6 is 0 Å². The molecule has 0 spiro atoms. The molecule has 1 unspecified atom stereocenters. The molecule has 2 aromatic heterocycles. The first kappa shape index (κ1) is 14.6. The van der Waals surface area contributed by atoms with Gasteiger partial charge in [-0.3, -0.25) is 9.78 Å². The van der Waals surface area contributed by atoms with Crippen LogP contribution in [0, 0.1) is 0 Å². The van der Waals surface area contributed by atoms with Crippen LogP contribution in [0.2, 0.25) is 0 Å². The van der Waals surface area contributed by atoms with Gasteiger partial charge < -0.3 is 9.88 Å². The summed E-state index contributed by atoms with van der Waals surface area (Å²) in [4.78, 5) is 19.7. The van der Waals surface area contributed by atoms with Crippen molar-refractivity contribution < 1.29 is 18.0 Å². The van der Waals surface area contributed by atoms with Crippen molar-refractivity contribution in [2.24, 2.45) is 0 Å². The van der Waals surface area contributed by atoms with Gasteiger partial charge in [-0.05, 0) is 18.6 Å². The zero-order valence-corrected chi connectivity index (χ0v) is 11.5. The van der Waals surface area contributed by atoms with Crippen molar-refractivity contribution >= 4 is 5.91 Å². The van der Waals surface area contributed by atoms with Crippen LogP contribution in [0.5, 0.6) is 0 Å². The lowest BCUT2D eigenvalue weighted by Crippen LogP contribution is -2.41. The van der Waals surface area contributed by atoms with Crippen LogP contribution in [-0.2, 0) is 19.1 Å². The van der Waals surface area contributed by atoms with Crippen molar-refractivity contribution in [1.29, 1.82) is 0 Å². The second-order valence-electron chi connectivity index (χ2n) is 5.11. The van der Waals surface area contributed by atoms with Gasteiger partial charge in [0.05, 0.1) is 6.20 Å². The highest BCUT2D eigenvalue weighted by Crippen LogP contribution is 2.31. The highest BCUT2D eigenvalue weighted by molar-refractivity contribution is 5.94. The van der Waals surface area contributed by atoms with Crippen LogP contribution < -0.4 is 5.32 Å². The van der Waals surface area contributed by atoms with Crippen molar-refractivity contribution in [3.8, 4) is 0 Å². The SMILES string of the molecule is O=C(NC1CCc2ncc(C(F)(F)F)n2C1)c1ccncc1. The third kappa shape index (κ3) is 2.81. The zero-order chi connectivity index (χ0) is 15.7. The Morgan fingerprint density at radius 1 is 1.32 bits per heavy atom. The molecule has 0 saturated heterocycles. The van der Waals surface area contributed by atoms with E-state index < -0.39 is 11.9 Å². The van der Waals surface area contributed by atoms with Crippen LogP contribution in [0.15, 0.2) is 30.7 Å². The molecule has 1 amide bonds. The fourth-order valence-electron chi connectivity index (χ4n) is 2.55. The molecular weight excluding hydrogens is 297 g/mol. The third-order valence-electron chi connectivity index (χ3n) is 3.63. The average molecular weight is 310 g/mol.